The summed E-state index contributed by atoms with van der Waals surface area (Å²) in [5, 5.41) is 1.75. The molecule has 2 aromatic rings. The Morgan fingerprint density at radius 1 is 1.59 bits per heavy atom. The van der Waals surface area contributed by atoms with Crippen molar-refractivity contribution in [2.24, 2.45) is 0 Å². The van der Waals surface area contributed by atoms with Crippen molar-refractivity contribution in [1.29, 1.82) is 0 Å². The number of Topliss-reactive ketones (excluding diaryl/α,β-unsaturated/α-hetero) is 1. The van der Waals surface area contributed by atoms with Crippen LogP contribution in [0.2, 0.25) is 0 Å². The molecule has 0 bridgehead atoms. The van der Waals surface area contributed by atoms with Gasteiger partial charge in [-0.25, -0.2) is 9.18 Å². The lowest BCUT2D eigenvalue weighted by molar-refractivity contribution is 0.0974. The standard InChI is InChI=1S/C10H8FN3O2S/c11-6-4-14(10(16)13-9(6)12)5-7(15)8-2-1-3-17-8/h1-4H,5H2,(H2,12,13,16). The van der Waals surface area contributed by atoms with E-state index in [1.165, 1.54) is 11.3 Å². The summed E-state index contributed by atoms with van der Waals surface area (Å²) in [7, 11) is 0. The molecule has 0 aliphatic rings. The third-order valence-corrected chi connectivity index (χ3v) is 3.00. The molecule has 0 radical (unpaired) electrons. The van der Waals surface area contributed by atoms with E-state index < -0.39 is 17.3 Å². The molecule has 0 saturated carbocycles. The number of nitrogen functional groups attached to an aromatic ring is 1. The van der Waals surface area contributed by atoms with Gasteiger partial charge < -0.3 is 5.73 Å². The van der Waals surface area contributed by atoms with Gasteiger partial charge in [-0.1, -0.05) is 6.07 Å². The van der Waals surface area contributed by atoms with Crippen molar-refractivity contribution in [1.82, 2.24) is 9.55 Å². The van der Waals surface area contributed by atoms with Crippen molar-refractivity contribution in [3.05, 3.63) is 44.9 Å². The molecule has 2 heterocycles. The van der Waals surface area contributed by atoms with Crippen LogP contribution in [-0.2, 0) is 6.54 Å². The van der Waals surface area contributed by atoms with Crippen LogP contribution in [0.25, 0.3) is 0 Å². The Hall–Kier alpha value is -2.02. The highest BCUT2D eigenvalue weighted by atomic mass is 32.1. The molecule has 88 valence electrons. The average molecular weight is 253 g/mol. The first-order chi connectivity index (χ1) is 8.08. The monoisotopic (exact) mass is 253 g/mol. The molecule has 0 unspecified atom stereocenters. The maximum atomic E-state index is 13.1. The number of aromatic nitrogens is 2. The van der Waals surface area contributed by atoms with Gasteiger partial charge in [0, 0.05) is 6.20 Å². The van der Waals surface area contributed by atoms with Gasteiger partial charge in [0.1, 0.15) is 0 Å². The highest BCUT2D eigenvalue weighted by molar-refractivity contribution is 7.12. The molecule has 2 N–H and O–H groups in total. The molecule has 0 saturated heterocycles. The third-order valence-electron chi connectivity index (χ3n) is 2.09. The third kappa shape index (κ3) is 2.39. The number of ketones is 1. The maximum absolute atomic E-state index is 13.1. The Kier molecular flexibility index (Phi) is 3.01. The molecule has 0 atom stereocenters. The number of hydrogen-bond acceptors (Lipinski definition) is 5. The quantitative estimate of drug-likeness (QED) is 0.825. The van der Waals surface area contributed by atoms with Gasteiger partial charge >= 0.3 is 5.69 Å². The van der Waals surface area contributed by atoms with Crippen molar-refractivity contribution in [3.8, 4) is 0 Å². The molecule has 17 heavy (non-hydrogen) atoms. The van der Waals surface area contributed by atoms with Crippen LogP contribution in [0, 0.1) is 5.82 Å². The number of halogens is 1. The van der Waals surface area contributed by atoms with Crippen molar-refractivity contribution >= 4 is 22.9 Å². The van der Waals surface area contributed by atoms with Crippen LogP contribution in [0.5, 0.6) is 0 Å². The topological polar surface area (TPSA) is 78.0 Å². The van der Waals surface area contributed by atoms with E-state index in [0.29, 0.717) is 4.88 Å². The second-order valence-corrected chi connectivity index (χ2v) is 4.23. The average Bonchev–Trinajstić information content (AvgIpc) is 2.79. The van der Waals surface area contributed by atoms with Gasteiger partial charge in [-0.3, -0.25) is 9.36 Å². The van der Waals surface area contributed by atoms with E-state index in [1.54, 1.807) is 17.5 Å². The molecule has 0 aliphatic heterocycles. The van der Waals surface area contributed by atoms with Crippen molar-refractivity contribution in [2.45, 2.75) is 6.54 Å². The van der Waals surface area contributed by atoms with Crippen LogP contribution in [0.15, 0.2) is 28.5 Å². The molecule has 0 fully saturated rings. The molecular weight excluding hydrogens is 245 g/mol. The number of rotatable bonds is 3. The molecule has 2 aromatic heterocycles. The highest BCUT2D eigenvalue weighted by Gasteiger charge is 2.11. The molecule has 0 aromatic carbocycles. The van der Waals surface area contributed by atoms with Gasteiger partial charge in [0.25, 0.3) is 0 Å². The first kappa shape index (κ1) is 11.5. The second-order valence-electron chi connectivity index (χ2n) is 3.29. The minimum Gasteiger partial charge on any atom is -0.381 e. The number of thiophene rings is 1. The first-order valence-corrected chi connectivity index (χ1v) is 5.55. The van der Waals surface area contributed by atoms with Gasteiger partial charge in [0.2, 0.25) is 0 Å². The van der Waals surface area contributed by atoms with Gasteiger partial charge in [0.15, 0.2) is 17.4 Å². The predicted octanol–water partition coefficient (Wildman–Crippen LogP) is 0.909. The zero-order valence-corrected chi connectivity index (χ0v) is 9.41. The number of nitrogens with zero attached hydrogens (tertiary/aromatic N) is 2. The van der Waals surface area contributed by atoms with Gasteiger partial charge in [-0.2, -0.15) is 4.98 Å². The lowest BCUT2D eigenvalue weighted by atomic mass is 10.3. The Morgan fingerprint density at radius 2 is 2.35 bits per heavy atom. The molecule has 0 spiro atoms. The summed E-state index contributed by atoms with van der Waals surface area (Å²) in [4.78, 5) is 26.8. The normalized spacial score (nSPS) is 10.4. The van der Waals surface area contributed by atoms with E-state index in [1.807, 2.05) is 0 Å². The predicted molar refractivity (Wildman–Crippen MR) is 61.5 cm³/mol. The van der Waals surface area contributed by atoms with Crippen LogP contribution >= 0.6 is 11.3 Å². The van der Waals surface area contributed by atoms with Gasteiger partial charge in [-0.05, 0) is 11.4 Å². The van der Waals surface area contributed by atoms with E-state index in [4.69, 9.17) is 5.73 Å². The maximum Gasteiger partial charge on any atom is 0.350 e. The van der Waals surface area contributed by atoms with Gasteiger partial charge in [-0.15, -0.1) is 11.3 Å². The summed E-state index contributed by atoms with van der Waals surface area (Å²) in [6, 6.07) is 3.36. The summed E-state index contributed by atoms with van der Waals surface area (Å²) < 4.78 is 14.0. The van der Waals surface area contributed by atoms with E-state index in [9.17, 15) is 14.0 Å². The summed E-state index contributed by atoms with van der Waals surface area (Å²) in [5.41, 5.74) is 4.39. The number of anilines is 1. The summed E-state index contributed by atoms with van der Waals surface area (Å²) in [6.45, 7) is -0.246. The number of nitrogens with two attached hydrogens (primary N) is 1. The number of hydrogen-bond donors (Lipinski definition) is 1. The van der Waals surface area contributed by atoms with Crippen LogP contribution in [0.1, 0.15) is 9.67 Å². The molecule has 0 aliphatic carbocycles. The molecular formula is C10H8FN3O2S. The Labute approximate surface area is 99.3 Å². The van der Waals surface area contributed by atoms with E-state index in [-0.39, 0.29) is 12.3 Å². The Bertz CT molecular complexity index is 607. The SMILES string of the molecule is Nc1nc(=O)n(CC(=O)c2cccs2)cc1F. The molecule has 0 amide bonds. The fourth-order valence-corrected chi connectivity index (χ4v) is 1.92. The highest BCUT2D eigenvalue weighted by Crippen LogP contribution is 2.10. The van der Waals surface area contributed by atoms with Crippen molar-refractivity contribution in [2.75, 3.05) is 5.73 Å². The Balaban J connectivity index is 2.28. The minimum atomic E-state index is -0.816. The lowest BCUT2D eigenvalue weighted by Crippen LogP contribution is -2.27. The molecule has 7 heteroatoms. The minimum absolute atomic E-state index is 0.246. The second kappa shape index (κ2) is 4.46. The van der Waals surface area contributed by atoms with Crippen LogP contribution in [0.3, 0.4) is 0 Å². The first-order valence-electron chi connectivity index (χ1n) is 4.67. The zero-order chi connectivity index (χ0) is 12.4. The van der Waals surface area contributed by atoms with E-state index in [2.05, 4.69) is 4.98 Å². The van der Waals surface area contributed by atoms with E-state index >= 15 is 0 Å². The molecule has 5 nitrogen and oxygen atoms in total. The van der Waals surface area contributed by atoms with Gasteiger partial charge in [0.05, 0.1) is 11.4 Å². The van der Waals surface area contributed by atoms with Crippen molar-refractivity contribution in [3.63, 3.8) is 0 Å². The molecule has 2 rings (SSSR count). The zero-order valence-electron chi connectivity index (χ0n) is 8.59. The lowest BCUT2D eigenvalue weighted by Gasteiger charge is -2.03. The van der Waals surface area contributed by atoms with Crippen LogP contribution in [0.4, 0.5) is 10.2 Å². The summed E-state index contributed by atoms with van der Waals surface area (Å²) >= 11 is 1.26. The van der Waals surface area contributed by atoms with Crippen LogP contribution < -0.4 is 11.4 Å². The summed E-state index contributed by atoms with van der Waals surface area (Å²) in [6.07, 6.45) is 0.885. The van der Waals surface area contributed by atoms with Crippen molar-refractivity contribution < 1.29 is 9.18 Å². The Morgan fingerprint density at radius 3 is 3.00 bits per heavy atom. The largest absolute Gasteiger partial charge is 0.381 e. The fourth-order valence-electron chi connectivity index (χ4n) is 1.26. The van der Waals surface area contributed by atoms with Crippen LogP contribution in [-0.4, -0.2) is 15.3 Å². The van der Waals surface area contributed by atoms with E-state index in [0.717, 1.165) is 10.8 Å². The fraction of sp³-hybridized carbons (Fsp3) is 0.100. The number of carbonyl (C=O) groups excluding carboxylic acids is 1. The summed E-state index contributed by atoms with van der Waals surface area (Å²) in [5.74, 6) is -1.55. The smallest absolute Gasteiger partial charge is 0.350 e. The number of carbonyl (C=O) groups is 1.